The summed E-state index contributed by atoms with van der Waals surface area (Å²) in [6.45, 7) is -0.0294. The van der Waals surface area contributed by atoms with Gasteiger partial charge < -0.3 is 14.8 Å². The molecule has 1 aliphatic rings. The summed E-state index contributed by atoms with van der Waals surface area (Å²) < 4.78 is 10.3. The van der Waals surface area contributed by atoms with Crippen molar-refractivity contribution in [3.63, 3.8) is 0 Å². The van der Waals surface area contributed by atoms with Crippen molar-refractivity contribution in [1.82, 2.24) is 9.88 Å². The Balaban J connectivity index is 1.64. The van der Waals surface area contributed by atoms with Crippen LogP contribution in [0.2, 0.25) is 0 Å². The summed E-state index contributed by atoms with van der Waals surface area (Å²) in [6.07, 6.45) is 1.41. The average molecular weight is 355 g/mol. The van der Waals surface area contributed by atoms with E-state index >= 15 is 0 Å². The van der Waals surface area contributed by atoms with Crippen LogP contribution in [0.15, 0.2) is 36.5 Å². The number of carbonyl (C=O) groups excluding carboxylic acids is 3. The molecule has 0 aliphatic carbocycles. The predicted octanol–water partition coefficient (Wildman–Crippen LogP) is 1.72. The van der Waals surface area contributed by atoms with E-state index < -0.39 is 11.8 Å². The number of methoxy groups -OCH3 is 2. The first-order valence-electron chi connectivity index (χ1n) is 7.88. The molecule has 2 aromatic rings. The first-order chi connectivity index (χ1) is 12.5. The number of carbonyl (C=O) groups is 3. The Morgan fingerprint density at radius 1 is 1.15 bits per heavy atom. The van der Waals surface area contributed by atoms with E-state index in [1.165, 1.54) is 20.4 Å². The van der Waals surface area contributed by atoms with Gasteiger partial charge in [-0.2, -0.15) is 0 Å². The topological polar surface area (TPSA) is 97.8 Å². The van der Waals surface area contributed by atoms with Crippen molar-refractivity contribution in [2.75, 3.05) is 26.1 Å². The second-order valence-electron chi connectivity index (χ2n) is 5.53. The van der Waals surface area contributed by atoms with Gasteiger partial charge in [-0.3, -0.25) is 24.3 Å². The van der Waals surface area contributed by atoms with Crippen LogP contribution in [0.1, 0.15) is 27.3 Å². The molecule has 3 amide bonds. The van der Waals surface area contributed by atoms with Gasteiger partial charge >= 0.3 is 0 Å². The fourth-order valence-electron chi connectivity index (χ4n) is 2.64. The highest BCUT2D eigenvalue weighted by Gasteiger charge is 2.36. The second-order valence-corrected chi connectivity index (χ2v) is 5.53. The molecule has 8 heteroatoms. The molecular formula is C18H17N3O5. The summed E-state index contributed by atoms with van der Waals surface area (Å²) in [5.41, 5.74) is 0.854. The van der Waals surface area contributed by atoms with Crippen LogP contribution in [-0.2, 0) is 4.79 Å². The molecule has 134 valence electrons. The van der Waals surface area contributed by atoms with Gasteiger partial charge in [-0.1, -0.05) is 0 Å². The lowest BCUT2D eigenvalue weighted by molar-refractivity contribution is -0.116. The maximum absolute atomic E-state index is 12.2. The molecular weight excluding hydrogens is 338 g/mol. The number of imide groups is 1. The van der Waals surface area contributed by atoms with E-state index in [2.05, 4.69) is 10.3 Å². The molecule has 0 fully saturated rings. The maximum atomic E-state index is 12.2. The van der Waals surface area contributed by atoms with E-state index in [4.69, 9.17) is 9.47 Å². The molecule has 1 aliphatic heterocycles. The Kier molecular flexibility index (Phi) is 4.83. The van der Waals surface area contributed by atoms with Crippen LogP contribution in [0.25, 0.3) is 0 Å². The smallest absolute Gasteiger partial charge is 0.280 e. The van der Waals surface area contributed by atoms with Gasteiger partial charge in [-0.05, 0) is 24.3 Å². The number of pyridine rings is 1. The van der Waals surface area contributed by atoms with E-state index in [1.807, 2.05) is 0 Å². The Labute approximate surface area is 149 Å². The first-order valence-corrected chi connectivity index (χ1v) is 7.88. The molecule has 0 radical (unpaired) electrons. The van der Waals surface area contributed by atoms with Gasteiger partial charge in [0.25, 0.3) is 11.8 Å². The van der Waals surface area contributed by atoms with E-state index in [0.29, 0.717) is 17.2 Å². The fraction of sp³-hybridized carbons (Fsp3) is 0.222. The number of hydrogen-bond donors (Lipinski definition) is 1. The normalized spacial score (nSPS) is 12.8. The van der Waals surface area contributed by atoms with Gasteiger partial charge in [-0.25, -0.2) is 0 Å². The number of amides is 3. The highest BCUT2D eigenvalue weighted by Crippen LogP contribution is 2.29. The monoisotopic (exact) mass is 355 g/mol. The zero-order valence-electron chi connectivity index (χ0n) is 14.3. The quantitative estimate of drug-likeness (QED) is 0.793. The summed E-state index contributed by atoms with van der Waals surface area (Å²) >= 11 is 0. The molecule has 1 aromatic heterocycles. The van der Waals surface area contributed by atoms with Gasteiger partial charge in [0.2, 0.25) is 5.91 Å². The van der Waals surface area contributed by atoms with Crippen molar-refractivity contribution in [2.24, 2.45) is 0 Å². The minimum Gasteiger partial charge on any atom is -0.497 e. The largest absolute Gasteiger partial charge is 0.497 e. The number of ether oxygens (including phenoxy) is 2. The van der Waals surface area contributed by atoms with Crippen LogP contribution in [0.3, 0.4) is 0 Å². The number of anilines is 1. The molecule has 1 aromatic carbocycles. The summed E-state index contributed by atoms with van der Waals surface area (Å²) in [6, 6.07) is 8.13. The molecule has 0 unspecified atom stereocenters. The van der Waals surface area contributed by atoms with Gasteiger partial charge in [0.15, 0.2) is 0 Å². The summed E-state index contributed by atoms with van der Waals surface area (Å²) in [5, 5.41) is 2.70. The maximum Gasteiger partial charge on any atom is 0.280 e. The van der Waals surface area contributed by atoms with Crippen molar-refractivity contribution in [3.05, 3.63) is 47.8 Å². The van der Waals surface area contributed by atoms with E-state index in [-0.39, 0.29) is 30.1 Å². The molecule has 26 heavy (non-hydrogen) atoms. The Morgan fingerprint density at radius 2 is 1.96 bits per heavy atom. The molecule has 0 bridgehead atoms. The minimum atomic E-state index is -0.486. The first kappa shape index (κ1) is 17.4. The zero-order chi connectivity index (χ0) is 18.7. The average Bonchev–Trinajstić information content (AvgIpc) is 2.91. The molecule has 0 atom stereocenters. The number of rotatable bonds is 6. The van der Waals surface area contributed by atoms with E-state index in [9.17, 15) is 14.4 Å². The third-order valence-corrected chi connectivity index (χ3v) is 3.98. The van der Waals surface area contributed by atoms with Gasteiger partial charge in [0, 0.05) is 25.2 Å². The highest BCUT2D eigenvalue weighted by molar-refractivity contribution is 6.20. The van der Waals surface area contributed by atoms with Crippen LogP contribution >= 0.6 is 0 Å². The number of aromatic nitrogens is 1. The van der Waals surface area contributed by atoms with Gasteiger partial charge in [0.1, 0.15) is 17.2 Å². The number of nitrogens with one attached hydrogen (secondary N) is 1. The minimum absolute atomic E-state index is 0.0294. The third-order valence-electron chi connectivity index (χ3n) is 3.98. The van der Waals surface area contributed by atoms with Gasteiger partial charge in [-0.15, -0.1) is 0 Å². The zero-order valence-corrected chi connectivity index (χ0v) is 14.3. The van der Waals surface area contributed by atoms with Crippen molar-refractivity contribution in [1.29, 1.82) is 0 Å². The Bertz CT molecular complexity index is 846. The second kappa shape index (κ2) is 7.22. The summed E-state index contributed by atoms with van der Waals surface area (Å²) in [7, 11) is 3.01. The number of nitrogens with zero attached hydrogens (tertiary/aromatic N) is 2. The van der Waals surface area contributed by atoms with E-state index in [0.717, 1.165) is 4.90 Å². The molecule has 3 rings (SSSR count). The summed E-state index contributed by atoms with van der Waals surface area (Å²) in [4.78, 5) is 41.7. The SMILES string of the molecule is COc1ccc(NC(=O)CCN2C(=O)c3cccnc3C2=O)c(OC)c1. The van der Waals surface area contributed by atoms with Crippen molar-refractivity contribution >= 4 is 23.4 Å². The lowest BCUT2D eigenvalue weighted by Crippen LogP contribution is -2.33. The Hall–Kier alpha value is -3.42. The van der Waals surface area contributed by atoms with Crippen molar-refractivity contribution < 1.29 is 23.9 Å². The van der Waals surface area contributed by atoms with Crippen LogP contribution in [0.4, 0.5) is 5.69 Å². The van der Waals surface area contributed by atoms with Crippen LogP contribution < -0.4 is 14.8 Å². The van der Waals surface area contributed by atoms with Crippen LogP contribution in [0, 0.1) is 0 Å². The molecule has 2 heterocycles. The molecule has 0 saturated carbocycles. The lowest BCUT2D eigenvalue weighted by atomic mass is 10.2. The van der Waals surface area contributed by atoms with Crippen LogP contribution in [-0.4, -0.2) is 48.4 Å². The number of benzene rings is 1. The Morgan fingerprint density at radius 3 is 2.65 bits per heavy atom. The van der Waals surface area contributed by atoms with Crippen molar-refractivity contribution in [3.8, 4) is 11.5 Å². The number of fused-ring (bicyclic) bond motifs is 1. The fourth-order valence-corrected chi connectivity index (χ4v) is 2.64. The molecule has 8 nitrogen and oxygen atoms in total. The molecule has 0 saturated heterocycles. The lowest BCUT2D eigenvalue weighted by Gasteiger charge is -2.14. The van der Waals surface area contributed by atoms with Crippen molar-refractivity contribution in [2.45, 2.75) is 6.42 Å². The standard InChI is InChI=1S/C18H17N3O5/c1-25-11-5-6-13(14(10-11)26-2)20-15(22)7-9-21-17(23)12-4-3-8-19-16(12)18(21)24/h3-6,8,10H,7,9H2,1-2H3,(H,20,22). The third kappa shape index (κ3) is 3.21. The predicted molar refractivity (Wildman–Crippen MR) is 92.4 cm³/mol. The molecule has 0 spiro atoms. The van der Waals surface area contributed by atoms with Gasteiger partial charge in [0.05, 0.1) is 25.5 Å². The number of hydrogen-bond acceptors (Lipinski definition) is 6. The summed E-state index contributed by atoms with van der Waals surface area (Å²) in [5.74, 6) is -0.229. The van der Waals surface area contributed by atoms with E-state index in [1.54, 1.807) is 30.3 Å². The highest BCUT2D eigenvalue weighted by atomic mass is 16.5. The van der Waals surface area contributed by atoms with Crippen LogP contribution in [0.5, 0.6) is 11.5 Å². The molecule has 1 N–H and O–H groups in total.